The highest BCUT2D eigenvalue weighted by molar-refractivity contribution is 7.93. The SMILES string of the molecule is COc1cc2nccc(Oc3ccc([S@@](=N)(=O)C4CC4)cc3)c2cc1F. The molecule has 0 bridgehead atoms. The Bertz CT molecular complexity index is 1080. The van der Waals surface area contributed by atoms with E-state index in [1.54, 1.807) is 36.5 Å². The Morgan fingerprint density at radius 2 is 1.88 bits per heavy atom. The minimum Gasteiger partial charge on any atom is -0.494 e. The standard InChI is InChI=1S/C19H17FN2O3S/c1-24-19-11-17-15(10-16(19)20)18(8-9-22-17)25-12-2-4-13(5-3-12)26(21,23)14-6-7-14/h2-5,8-11,14,21H,6-7H2,1H3/t26-/m1/s1. The molecule has 1 heterocycles. The van der Waals surface area contributed by atoms with Crippen LogP contribution in [0.15, 0.2) is 53.6 Å². The smallest absolute Gasteiger partial charge is 0.165 e. The molecule has 1 aromatic heterocycles. The molecule has 0 amide bonds. The zero-order chi connectivity index (χ0) is 18.3. The maximum Gasteiger partial charge on any atom is 0.165 e. The van der Waals surface area contributed by atoms with Gasteiger partial charge in [-0.15, -0.1) is 0 Å². The fraction of sp³-hybridized carbons (Fsp3) is 0.211. The maximum absolute atomic E-state index is 14.0. The van der Waals surface area contributed by atoms with E-state index in [0.717, 1.165) is 12.8 Å². The van der Waals surface area contributed by atoms with Crippen molar-refractivity contribution in [2.75, 3.05) is 7.11 Å². The molecule has 0 aliphatic heterocycles. The van der Waals surface area contributed by atoms with Gasteiger partial charge >= 0.3 is 0 Å². The number of fused-ring (bicyclic) bond motifs is 1. The van der Waals surface area contributed by atoms with E-state index in [0.29, 0.717) is 27.3 Å². The van der Waals surface area contributed by atoms with Gasteiger partial charge in [0.2, 0.25) is 0 Å². The first-order chi connectivity index (χ1) is 12.5. The molecule has 1 saturated carbocycles. The first kappa shape index (κ1) is 16.8. The Hall–Kier alpha value is -2.67. The van der Waals surface area contributed by atoms with E-state index >= 15 is 0 Å². The highest BCUT2D eigenvalue weighted by Gasteiger charge is 2.33. The quantitative estimate of drug-likeness (QED) is 0.702. The van der Waals surface area contributed by atoms with Crippen LogP contribution in [0.25, 0.3) is 10.9 Å². The van der Waals surface area contributed by atoms with Crippen LogP contribution in [0.1, 0.15) is 12.8 Å². The zero-order valence-corrected chi connectivity index (χ0v) is 14.9. The fourth-order valence-corrected chi connectivity index (χ4v) is 4.52. The summed E-state index contributed by atoms with van der Waals surface area (Å²) in [6.45, 7) is 0. The third kappa shape index (κ3) is 2.99. The predicted molar refractivity (Wildman–Crippen MR) is 96.9 cm³/mol. The number of halogens is 1. The number of nitrogens with zero attached hydrogens (tertiary/aromatic N) is 1. The molecular formula is C19H17FN2O3S. The van der Waals surface area contributed by atoms with Crippen LogP contribution in [-0.2, 0) is 9.73 Å². The third-order valence-electron chi connectivity index (χ3n) is 4.37. The van der Waals surface area contributed by atoms with Gasteiger partial charge in [-0.2, -0.15) is 0 Å². The largest absolute Gasteiger partial charge is 0.494 e. The van der Waals surface area contributed by atoms with Crippen molar-refractivity contribution in [2.24, 2.45) is 0 Å². The topological polar surface area (TPSA) is 72.3 Å². The van der Waals surface area contributed by atoms with Crippen molar-refractivity contribution < 1.29 is 18.1 Å². The highest BCUT2D eigenvalue weighted by atomic mass is 32.2. The van der Waals surface area contributed by atoms with Crippen LogP contribution in [0.5, 0.6) is 17.2 Å². The molecular weight excluding hydrogens is 355 g/mol. The number of hydrogen-bond acceptors (Lipinski definition) is 5. The monoisotopic (exact) mass is 372 g/mol. The number of methoxy groups -OCH3 is 1. The van der Waals surface area contributed by atoms with Crippen LogP contribution >= 0.6 is 0 Å². The molecule has 134 valence electrons. The normalized spacial score (nSPS) is 16.2. The first-order valence-electron chi connectivity index (χ1n) is 8.17. The molecule has 1 N–H and O–H groups in total. The lowest BCUT2D eigenvalue weighted by Gasteiger charge is -2.11. The molecule has 1 fully saturated rings. The minimum atomic E-state index is -2.73. The van der Waals surface area contributed by atoms with Crippen molar-refractivity contribution in [3.8, 4) is 17.2 Å². The molecule has 1 aliphatic rings. The Balaban J connectivity index is 1.66. The lowest BCUT2D eigenvalue weighted by molar-refractivity contribution is 0.387. The molecule has 0 radical (unpaired) electrons. The van der Waals surface area contributed by atoms with Gasteiger partial charge in [-0.05, 0) is 49.2 Å². The van der Waals surface area contributed by atoms with Crippen molar-refractivity contribution in [3.63, 3.8) is 0 Å². The Morgan fingerprint density at radius 3 is 2.54 bits per heavy atom. The Morgan fingerprint density at radius 1 is 1.15 bits per heavy atom. The second-order valence-corrected chi connectivity index (χ2v) is 8.53. The number of hydrogen-bond donors (Lipinski definition) is 1. The van der Waals surface area contributed by atoms with Crippen molar-refractivity contribution in [3.05, 3.63) is 54.5 Å². The van der Waals surface area contributed by atoms with Crippen LogP contribution in [-0.4, -0.2) is 21.6 Å². The number of pyridine rings is 1. The minimum absolute atomic E-state index is 0.0311. The summed E-state index contributed by atoms with van der Waals surface area (Å²) in [5.41, 5.74) is 0.556. The lowest BCUT2D eigenvalue weighted by Crippen LogP contribution is -2.04. The van der Waals surface area contributed by atoms with Crippen molar-refractivity contribution in [1.82, 2.24) is 4.98 Å². The van der Waals surface area contributed by atoms with Gasteiger partial charge < -0.3 is 9.47 Å². The molecule has 1 atom stereocenters. The number of benzene rings is 2. The number of aromatic nitrogens is 1. The number of nitrogens with one attached hydrogen (secondary N) is 1. The fourth-order valence-electron chi connectivity index (χ4n) is 2.80. The van der Waals surface area contributed by atoms with E-state index in [1.807, 2.05) is 0 Å². The molecule has 1 aliphatic carbocycles. The van der Waals surface area contributed by atoms with Gasteiger partial charge in [0.05, 0.1) is 22.4 Å². The van der Waals surface area contributed by atoms with Gasteiger partial charge in [0.15, 0.2) is 11.6 Å². The van der Waals surface area contributed by atoms with E-state index in [1.165, 1.54) is 19.2 Å². The average molecular weight is 372 g/mol. The molecule has 0 unspecified atom stereocenters. The summed E-state index contributed by atoms with van der Waals surface area (Å²) in [6, 6.07) is 11.2. The van der Waals surface area contributed by atoms with E-state index < -0.39 is 15.5 Å². The molecule has 4 rings (SSSR count). The lowest BCUT2D eigenvalue weighted by atomic mass is 10.2. The summed E-state index contributed by atoms with van der Waals surface area (Å²) in [6.07, 6.45) is 3.27. The Kier molecular flexibility index (Phi) is 4.03. The summed E-state index contributed by atoms with van der Waals surface area (Å²) in [7, 11) is -1.33. The van der Waals surface area contributed by atoms with Gasteiger partial charge in [0.1, 0.15) is 11.5 Å². The van der Waals surface area contributed by atoms with Crippen LogP contribution in [0.2, 0.25) is 0 Å². The molecule has 7 heteroatoms. The molecule has 0 spiro atoms. The average Bonchev–Trinajstić information content (AvgIpc) is 3.48. The summed E-state index contributed by atoms with van der Waals surface area (Å²) in [4.78, 5) is 4.73. The van der Waals surface area contributed by atoms with Gasteiger partial charge in [-0.25, -0.2) is 13.4 Å². The van der Waals surface area contributed by atoms with Gasteiger partial charge in [0.25, 0.3) is 0 Å². The van der Waals surface area contributed by atoms with Crippen molar-refractivity contribution >= 4 is 20.6 Å². The summed E-state index contributed by atoms with van der Waals surface area (Å²) < 4.78 is 45.4. The third-order valence-corrected chi connectivity index (χ3v) is 6.75. The number of ether oxygens (including phenoxy) is 2. The maximum atomic E-state index is 14.0. The highest BCUT2D eigenvalue weighted by Crippen LogP contribution is 2.36. The Labute approximate surface area is 150 Å². The van der Waals surface area contributed by atoms with E-state index in [4.69, 9.17) is 14.3 Å². The van der Waals surface area contributed by atoms with Gasteiger partial charge in [-0.1, -0.05) is 0 Å². The second kappa shape index (κ2) is 6.25. The van der Waals surface area contributed by atoms with E-state index in [9.17, 15) is 8.60 Å². The van der Waals surface area contributed by atoms with Crippen LogP contribution in [0.4, 0.5) is 4.39 Å². The van der Waals surface area contributed by atoms with Gasteiger partial charge in [0, 0.05) is 27.8 Å². The van der Waals surface area contributed by atoms with E-state index in [2.05, 4.69) is 4.98 Å². The summed E-state index contributed by atoms with van der Waals surface area (Å²) >= 11 is 0. The van der Waals surface area contributed by atoms with Crippen molar-refractivity contribution in [1.29, 1.82) is 4.78 Å². The zero-order valence-electron chi connectivity index (χ0n) is 14.1. The molecule has 3 aromatic rings. The molecule has 26 heavy (non-hydrogen) atoms. The predicted octanol–water partition coefficient (Wildman–Crippen LogP) is 4.74. The van der Waals surface area contributed by atoms with Crippen LogP contribution < -0.4 is 9.47 Å². The van der Waals surface area contributed by atoms with Crippen molar-refractivity contribution in [2.45, 2.75) is 23.0 Å². The number of rotatable bonds is 5. The van der Waals surface area contributed by atoms with Gasteiger partial charge in [-0.3, -0.25) is 4.98 Å². The second-order valence-electron chi connectivity index (χ2n) is 6.19. The summed E-state index contributed by atoms with van der Waals surface area (Å²) in [5, 5.41) is 0.494. The first-order valence-corrected chi connectivity index (χ1v) is 9.79. The molecule has 0 saturated heterocycles. The summed E-state index contributed by atoms with van der Waals surface area (Å²) in [5.74, 6) is 0.602. The molecule has 5 nitrogen and oxygen atoms in total. The molecule has 2 aromatic carbocycles. The van der Waals surface area contributed by atoms with Crippen LogP contribution in [0.3, 0.4) is 0 Å². The van der Waals surface area contributed by atoms with Crippen LogP contribution in [0, 0.1) is 10.6 Å². The van der Waals surface area contributed by atoms with E-state index in [-0.39, 0.29) is 11.0 Å².